The minimum Gasteiger partial charge on any atom is -0.481 e. The van der Waals surface area contributed by atoms with E-state index in [1.165, 1.54) is 6.08 Å². The summed E-state index contributed by atoms with van der Waals surface area (Å²) in [5.74, 6) is 0.00231. The fourth-order valence-corrected chi connectivity index (χ4v) is 0.231. The first kappa shape index (κ1) is 6.34. The highest BCUT2D eigenvalue weighted by Crippen LogP contribution is 1.86. The van der Waals surface area contributed by atoms with Gasteiger partial charge in [0, 0.05) is 0 Å². The average Bonchev–Trinajstić information content (AvgIpc) is 1.68. The monoisotopic (exact) mass is 102 g/mol. The molecule has 0 aromatic rings. The predicted octanol–water partition coefficient (Wildman–Crippen LogP) is 1.44. The number of allylic oxidation sites excluding steroid dienone is 1. The van der Waals surface area contributed by atoms with Crippen LogP contribution in [0.5, 0.6) is 0 Å². The molecule has 0 amide bonds. The lowest BCUT2D eigenvalue weighted by Gasteiger charge is -1.95. The highest BCUT2D eigenvalue weighted by molar-refractivity contribution is 4.74. The molecule has 2 heteroatoms. The minimum atomic E-state index is 0.00231. The van der Waals surface area contributed by atoms with Crippen molar-refractivity contribution in [2.75, 3.05) is 6.61 Å². The van der Waals surface area contributed by atoms with Gasteiger partial charge in [-0.1, -0.05) is 0 Å². The standard InChI is InChI=1S/C5H10O2/c1-3-5(6)7-4-2/h3,6H,4H2,1-2H3. The topological polar surface area (TPSA) is 29.5 Å². The van der Waals surface area contributed by atoms with Gasteiger partial charge in [0.15, 0.2) is 0 Å². The maximum absolute atomic E-state index is 8.50. The largest absolute Gasteiger partial charge is 0.481 e. The Balaban J connectivity index is 3.17. The van der Waals surface area contributed by atoms with Gasteiger partial charge in [0.25, 0.3) is 5.95 Å². The van der Waals surface area contributed by atoms with Crippen LogP contribution in [0.3, 0.4) is 0 Å². The molecule has 0 heterocycles. The fraction of sp³-hybridized carbons (Fsp3) is 0.600. The molecule has 0 bridgehead atoms. The Morgan fingerprint density at radius 3 is 2.57 bits per heavy atom. The van der Waals surface area contributed by atoms with Crippen LogP contribution < -0.4 is 0 Å². The van der Waals surface area contributed by atoms with E-state index < -0.39 is 0 Å². The van der Waals surface area contributed by atoms with Crippen LogP contribution in [0.25, 0.3) is 0 Å². The van der Waals surface area contributed by atoms with Crippen molar-refractivity contribution in [2.24, 2.45) is 0 Å². The summed E-state index contributed by atoms with van der Waals surface area (Å²) in [5.41, 5.74) is 0. The average molecular weight is 102 g/mol. The fourth-order valence-electron chi connectivity index (χ4n) is 0.231. The lowest BCUT2D eigenvalue weighted by atomic mass is 10.7. The Morgan fingerprint density at radius 1 is 1.86 bits per heavy atom. The van der Waals surface area contributed by atoms with Crippen LogP contribution in [-0.4, -0.2) is 11.7 Å². The van der Waals surface area contributed by atoms with Gasteiger partial charge >= 0.3 is 0 Å². The molecule has 0 atom stereocenters. The number of hydrogen-bond donors (Lipinski definition) is 1. The highest BCUT2D eigenvalue weighted by atomic mass is 16.6. The second-order valence-electron chi connectivity index (χ2n) is 1.06. The van der Waals surface area contributed by atoms with Crippen molar-refractivity contribution in [3.8, 4) is 0 Å². The zero-order valence-electron chi connectivity index (χ0n) is 4.64. The molecule has 0 unspecified atom stereocenters. The van der Waals surface area contributed by atoms with Crippen LogP contribution in [0.15, 0.2) is 12.0 Å². The number of hydrogen-bond acceptors (Lipinski definition) is 2. The van der Waals surface area contributed by atoms with Gasteiger partial charge in [-0.2, -0.15) is 0 Å². The van der Waals surface area contributed by atoms with Crippen molar-refractivity contribution >= 4 is 0 Å². The van der Waals surface area contributed by atoms with Gasteiger partial charge < -0.3 is 9.84 Å². The molecule has 0 aromatic heterocycles. The van der Waals surface area contributed by atoms with Gasteiger partial charge in [-0.05, 0) is 19.9 Å². The van der Waals surface area contributed by atoms with Crippen LogP contribution in [0, 0.1) is 0 Å². The second kappa shape index (κ2) is 3.53. The quantitative estimate of drug-likeness (QED) is 0.534. The molecule has 0 fully saturated rings. The maximum Gasteiger partial charge on any atom is 0.272 e. The summed E-state index contributed by atoms with van der Waals surface area (Å²) in [6.45, 7) is 4.06. The molecule has 0 aromatic carbocycles. The van der Waals surface area contributed by atoms with E-state index in [4.69, 9.17) is 5.11 Å². The number of aliphatic hydroxyl groups is 1. The van der Waals surface area contributed by atoms with Crippen molar-refractivity contribution in [2.45, 2.75) is 13.8 Å². The Bertz CT molecular complexity index is 66.5. The van der Waals surface area contributed by atoms with Crippen molar-refractivity contribution in [3.63, 3.8) is 0 Å². The molecule has 1 N–H and O–H groups in total. The van der Waals surface area contributed by atoms with E-state index in [0.717, 1.165) is 0 Å². The van der Waals surface area contributed by atoms with Gasteiger partial charge in [-0.15, -0.1) is 0 Å². The first-order valence-corrected chi connectivity index (χ1v) is 2.29. The Labute approximate surface area is 43.4 Å². The second-order valence-corrected chi connectivity index (χ2v) is 1.06. The molecule has 0 aliphatic heterocycles. The molecular formula is C5H10O2. The summed E-state index contributed by atoms with van der Waals surface area (Å²) >= 11 is 0. The lowest BCUT2D eigenvalue weighted by Crippen LogP contribution is -1.87. The summed E-state index contributed by atoms with van der Waals surface area (Å²) in [6, 6.07) is 0. The zero-order valence-corrected chi connectivity index (χ0v) is 4.64. The number of ether oxygens (including phenoxy) is 1. The molecular weight excluding hydrogens is 92.1 g/mol. The SMILES string of the molecule is CC=C(O)OCC. The van der Waals surface area contributed by atoms with E-state index in [1.54, 1.807) is 6.92 Å². The van der Waals surface area contributed by atoms with E-state index in [1.807, 2.05) is 6.92 Å². The molecule has 0 spiro atoms. The van der Waals surface area contributed by atoms with Crippen molar-refractivity contribution in [3.05, 3.63) is 12.0 Å². The van der Waals surface area contributed by atoms with Gasteiger partial charge in [-0.25, -0.2) is 0 Å². The molecule has 0 rings (SSSR count). The summed E-state index contributed by atoms with van der Waals surface area (Å²) in [7, 11) is 0. The van der Waals surface area contributed by atoms with Crippen molar-refractivity contribution in [1.29, 1.82) is 0 Å². The summed E-state index contributed by atoms with van der Waals surface area (Å²) in [4.78, 5) is 0. The third-order valence-electron chi connectivity index (χ3n) is 0.539. The third-order valence-corrected chi connectivity index (χ3v) is 0.539. The Morgan fingerprint density at radius 2 is 2.43 bits per heavy atom. The normalized spacial score (nSPS) is 11.4. The van der Waals surface area contributed by atoms with E-state index in [2.05, 4.69) is 4.74 Å². The first-order valence-electron chi connectivity index (χ1n) is 2.29. The summed E-state index contributed by atoms with van der Waals surface area (Å²) in [6.07, 6.45) is 1.50. The van der Waals surface area contributed by atoms with Crippen LogP contribution in [0.4, 0.5) is 0 Å². The van der Waals surface area contributed by atoms with Crippen molar-refractivity contribution < 1.29 is 9.84 Å². The van der Waals surface area contributed by atoms with Gasteiger partial charge in [0.1, 0.15) is 0 Å². The minimum absolute atomic E-state index is 0.00231. The zero-order chi connectivity index (χ0) is 5.70. The van der Waals surface area contributed by atoms with E-state index >= 15 is 0 Å². The molecule has 42 valence electrons. The predicted molar refractivity (Wildman–Crippen MR) is 28.0 cm³/mol. The number of rotatable bonds is 2. The van der Waals surface area contributed by atoms with E-state index in [9.17, 15) is 0 Å². The maximum atomic E-state index is 8.50. The molecule has 7 heavy (non-hydrogen) atoms. The molecule has 2 nitrogen and oxygen atoms in total. The van der Waals surface area contributed by atoms with Gasteiger partial charge in [-0.3, -0.25) is 0 Å². The summed E-state index contributed by atoms with van der Waals surface area (Å²) in [5, 5.41) is 8.50. The molecule has 0 saturated carbocycles. The molecule has 0 radical (unpaired) electrons. The molecule has 0 saturated heterocycles. The smallest absolute Gasteiger partial charge is 0.272 e. The van der Waals surface area contributed by atoms with E-state index in [-0.39, 0.29) is 5.95 Å². The Kier molecular flexibility index (Phi) is 3.19. The van der Waals surface area contributed by atoms with Crippen LogP contribution in [-0.2, 0) is 4.74 Å². The van der Waals surface area contributed by atoms with Crippen LogP contribution in [0.1, 0.15) is 13.8 Å². The first-order chi connectivity index (χ1) is 3.31. The van der Waals surface area contributed by atoms with Crippen LogP contribution in [0.2, 0.25) is 0 Å². The van der Waals surface area contributed by atoms with Gasteiger partial charge in [0.2, 0.25) is 0 Å². The van der Waals surface area contributed by atoms with Crippen molar-refractivity contribution in [1.82, 2.24) is 0 Å². The van der Waals surface area contributed by atoms with Gasteiger partial charge in [0.05, 0.1) is 6.61 Å². The number of aliphatic hydroxyl groups excluding tert-OH is 1. The van der Waals surface area contributed by atoms with E-state index in [0.29, 0.717) is 6.61 Å². The third kappa shape index (κ3) is 3.16. The van der Waals surface area contributed by atoms with Crippen LogP contribution >= 0.6 is 0 Å². The summed E-state index contributed by atoms with van der Waals surface area (Å²) < 4.78 is 4.61. The molecule has 0 aliphatic carbocycles. The lowest BCUT2D eigenvalue weighted by molar-refractivity contribution is 0.102. The highest BCUT2D eigenvalue weighted by Gasteiger charge is 1.81. The Hall–Kier alpha value is -0.660. The molecule has 0 aliphatic rings.